The first kappa shape index (κ1) is 14.7. The molecule has 0 saturated heterocycles. The van der Waals surface area contributed by atoms with Crippen molar-refractivity contribution in [2.75, 3.05) is 16.4 Å². The average molecular weight is 403 g/mol. The molecule has 0 N–H and O–H groups in total. The zero-order valence-corrected chi connectivity index (χ0v) is 13.9. The Labute approximate surface area is 120 Å². The lowest BCUT2D eigenvalue weighted by Crippen LogP contribution is -2.42. The molecule has 4 heteroatoms. The van der Waals surface area contributed by atoms with Crippen LogP contribution in [0, 0.1) is 16.7 Å². The molecule has 3 atom stereocenters. The Balaban J connectivity index is 2.82. The molecular formula is C12H20BrIO2. The van der Waals surface area contributed by atoms with Crippen molar-refractivity contribution in [2.45, 2.75) is 33.6 Å². The Morgan fingerprint density at radius 1 is 1.56 bits per heavy atom. The lowest BCUT2D eigenvalue weighted by atomic mass is 9.66. The van der Waals surface area contributed by atoms with Crippen LogP contribution in [0.15, 0.2) is 0 Å². The van der Waals surface area contributed by atoms with E-state index in [4.69, 9.17) is 4.74 Å². The van der Waals surface area contributed by atoms with Gasteiger partial charge in [0.2, 0.25) is 0 Å². The fourth-order valence-corrected chi connectivity index (χ4v) is 5.15. The maximum absolute atomic E-state index is 11.0. The Bertz CT molecular complexity index is 272. The van der Waals surface area contributed by atoms with E-state index in [0.29, 0.717) is 12.5 Å². The maximum atomic E-state index is 11.0. The summed E-state index contributed by atoms with van der Waals surface area (Å²) < 4.78 is 6.43. The van der Waals surface area contributed by atoms with Gasteiger partial charge in [-0.05, 0) is 24.2 Å². The van der Waals surface area contributed by atoms with E-state index in [2.05, 4.69) is 52.4 Å². The Hall–Kier alpha value is 0.680. The van der Waals surface area contributed by atoms with Crippen molar-refractivity contribution in [1.29, 1.82) is 0 Å². The zero-order valence-electron chi connectivity index (χ0n) is 10.2. The highest BCUT2D eigenvalue weighted by Crippen LogP contribution is 2.57. The van der Waals surface area contributed by atoms with Gasteiger partial charge in [-0.3, -0.25) is 4.79 Å². The normalized spacial score (nSPS) is 38.7. The molecule has 1 fully saturated rings. The number of hydrogen-bond donors (Lipinski definition) is 0. The summed E-state index contributed by atoms with van der Waals surface area (Å²) in [6.45, 7) is 6.61. The molecule has 0 amide bonds. The van der Waals surface area contributed by atoms with Gasteiger partial charge in [-0.2, -0.15) is 0 Å². The van der Waals surface area contributed by atoms with Crippen LogP contribution in [0.5, 0.6) is 0 Å². The van der Waals surface area contributed by atoms with Crippen LogP contribution in [-0.2, 0) is 9.53 Å². The molecule has 3 unspecified atom stereocenters. The molecule has 2 nitrogen and oxygen atoms in total. The second-order valence-electron chi connectivity index (χ2n) is 5.28. The number of esters is 1. The first-order valence-electron chi connectivity index (χ1n) is 5.65. The molecule has 0 aromatic rings. The Kier molecular flexibility index (Phi) is 5.11. The molecule has 0 aliphatic heterocycles. The van der Waals surface area contributed by atoms with E-state index in [1.165, 1.54) is 17.8 Å². The molecule has 0 aromatic heterocycles. The van der Waals surface area contributed by atoms with Crippen molar-refractivity contribution >= 4 is 44.5 Å². The van der Waals surface area contributed by atoms with Gasteiger partial charge >= 0.3 is 5.97 Å². The number of ether oxygens (including phenoxy) is 1. The van der Waals surface area contributed by atoms with Crippen LogP contribution in [0.3, 0.4) is 0 Å². The van der Waals surface area contributed by atoms with E-state index >= 15 is 0 Å². The average Bonchev–Trinajstić information content (AvgIpc) is 2.50. The second kappa shape index (κ2) is 5.55. The van der Waals surface area contributed by atoms with Crippen LogP contribution in [0.25, 0.3) is 0 Å². The topological polar surface area (TPSA) is 26.3 Å². The number of alkyl halides is 2. The van der Waals surface area contributed by atoms with E-state index in [9.17, 15) is 4.79 Å². The van der Waals surface area contributed by atoms with E-state index in [1.807, 2.05) is 0 Å². The van der Waals surface area contributed by atoms with E-state index < -0.39 is 0 Å². The highest BCUT2D eigenvalue weighted by Gasteiger charge is 2.53. The van der Waals surface area contributed by atoms with Crippen LogP contribution < -0.4 is 0 Å². The fraction of sp³-hybridized carbons (Fsp3) is 0.917. The minimum atomic E-state index is -0.170. The van der Waals surface area contributed by atoms with Crippen LogP contribution in [0.4, 0.5) is 0 Å². The third-order valence-corrected chi connectivity index (χ3v) is 6.61. The van der Waals surface area contributed by atoms with E-state index in [-0.39, 0.29) is 16.8 Å². The van der Waals surface area contributed by atoms with Gasteiger partial charge in [-0.15, -0.1) is 0 Å². The van der Waals surface area contributed by atoms with Gasteiger partial charge in [0, 0.05) is 22.1 Å². The second-order valence-corrected chi connectivity index (χ2v) is 6.72. The molecule has 16 heavy (non-hydrogen) atoms. The number of carbonyl (C=O) groups is 1. The lowest BCUT2D eigenvalue weighted by molar-refractivity contribution is -0.146. The monoisotopic (exact) mass is 402 g/mol. The molecule has 0 bridgehead atoms. The highest BCUT2D eigenvalue weighted by atomic mass is 127. The van der Waals surface area contributed by atoms with Crippen molar-refractivity contribution < 1.29 is 9.53 Å². The molecule has 0 aromatic carbocycles. The molecule has 1 saturated carbocycles. The van der Waals surface area contributed by atoms with Crippen molar-refractivity contribution in [3.8, 4) is 0 Å². The molecule has 0 heterocycles. The van der Waals surface area contributed by atoms with Gasteiger partial charge in [0.25, 0.3) is 0 Å². The predicted molar refractivity (Wildman–Crippen MR) is 78.3 cm³/mol. The number of halogens is 2. The third kappa shape index (κ3) is 2.57. The predicted octanol–water partition coefficient (Wildman–Crippen LogP) is 3.80. The van der Waals surface area contributed by atoms with Crippen LogP contribution >= 0.6 is 38.5 Å². The first-order valence-corrected chi connectivity index (χ1v) is 8.29. The summed E-state index contributed by atoms with van der Waals surface area (Å²) in [7, 11) is 0. The molecule has 94 valence electrons. The fourth-order valence-electron chi connectivity index (χ4n) is 2.61. The summed E-state index contributed by atoms with van der Waals surface area (Å²) in [6, 6.07) is 0. The first-order chi connectivity index (χ1) is 7.39. The molecule has 0 radical (unpaired) electrons. The minimum Gasteiger partial charge on any atom is -0.465 e. The minimum absolute atomic E-state index is 0.109. The van der Waals surface area contributed by atoms with Crippen LogP contribution in [0.2, 0.25) is 0 Å². The van der Waals surface area contributed by atoms with Crippen molar-refractivity contribution in [2.24, 2.45) is 16.7 Å². The molecule has 1 aliphatic rings. The van der Waals surface area contributed by atoms with Gasteiger partial charge in [-0.1, -0.05) is 52.4 Å². The van der Waals surface area contributed by atoms with Gasteiger partial charge in [0.15, 0.2) is 0 Å². The summed E-state index contributed by atoms with van der Waals surface area (Å²) in [5, 5.41) is 0.978. The SMILES string of the molecule is CC(=O)OCC1(C)CCC(CI)C1(C)CBr. The van der Waals surface area contributed by atoms with Gasteiger partial charge in [0.05, 0.1) is 6.61 Å². The Morgan fingerprint density at radius 2 is 2.19 bits per heavy atom. The largest absolute Gasteiger partial charge is 0.465 e. The number of hydrogen-bond acceptors (Lipinski definition) is 2. The van der Waals surface area contributed by atoms with Gasteiger partial charge in [0.1, 0.15) is 0 Å². The van der Waals surface area contributed by atoms with Gasteiger partial charge in [-0.25, -0.2) is 0 Å². The van der Waals surface area contributed by atoms with E-state index in [0.717, 1.165) is 11.8 Å². The maximum Gasteiger partial charge on any atom is 0.302 e. The highest BCUT2D eigenvalue weighted by molar-refractivity contribution is 14.1. The quantitative estimate of drug-likeness (QED) is 0.406. The van der Waals surface area contributed by atoms with Crippen LogP contribution in [0.1, 0.15) is 33.6 Å². The summed E-state index contributed by atoms with van der Waals surface area (Å²) >= 11 is 6.12. The van der Waals surface area contributed by atoms with Gasteiger partial charge < -0.3 is 4.74 Å². The summed E-state index contributed by atoms with van der Waals surface area (Å²) in [4.78, 5) is 11.0. The standard InChI is InChI=1S/C12H20BrIO2/c1-9(15)16-8-11(2)5-4-10(6-14)12(11,3)7-13/h10H,4-8H2,1-3H3. The summed E-state index contributed by atoms with van der Waals surface area (Å²) in [5.74, 6) is 0.545. The third-order valence-electron chi connectivity index (χ3n) is 4.38. The lowest BCUT2D eigenvalue weighted by Gasteiger charge is -2.42. The number of carbonyl (C=O) groups excluding carboxylic acids is 1. The Morgan fingerprint density at radius 3 is 2.62 bits per heavy atom. The molecule has 1 aliphatic carbocycles. The molecule has 1 rings (SSSR count). The molecule has 0 spiro atoms. The van der Waals surface area contributed by atoms with Crippen molar-refractivity contribution in [3.63, 3.8) is 0 Å². The number of rotatable bonds is 4. The smallest absolute Gasteiger partial charge is 0.302 e. The summed E-state index contributed by atoms with van der Waals surface area (Å²) in [6.07, 6.45) is 2.39. The van der Waals surface area contributed by atoms with Crippen molar-refractivity contribution in [3.05, 3.63) is 0 Å². The summed E-state index contributed by atoms with van der Waals surface area (Å²) in [5.41, 5.74) is 0.335. The van der Waals surface area contributed by atoms with E-state index in [1.54, 1.807) is 0 Å². The van der Waals surface area contributed by atoms with Crippen LogP contribution in [-0.4, -0.2) is 22.3 Å². The zero-order chi connectivity index (χ0) is 12.4. The van der Waals surface area contributed by atoms with Crippen molar-refractivity contribution in [1.82, 2.24) is 0 Å². The molecular weight excluding hydrogens is 383 g/mol.